The molecular weight excluding hydrogens is 256 g/mol. The number of aliphatic hydroxyl groups is 2. The van der Waals surface area contributed by atoms with Crippen molar-refractivity contribution < 1.29 is 45.3 Å². The molecule has 0 aliphatic carbocycles. The lowest BCUT2D eigenvalue weighted by atomic mass is 10.4. The normalized spacial score (nSPS) is 12.8. The molecule has 0 aromatic heterocycles. The summed E-state index contributed by atoms with van der Waals surface area (Å²) >= 11 is 0. The fourth-order valence-electron chi connectivity index (χ4n) is 0.138. The van der Waals surface area contributed by atoms with Crippen molar-refractivity contribution in [2.24, 2.45) is 0 Å². The van der Waals surface area contributed by atoms with Crippen LogP contribution in [0.3, 0.4) is 0 Å². The molecule has 0 aromatic rings. The van der Waals surface area contributed by atoms with Crippen molar-refractivity contribution in [1.82, 2.24) is 0 Å². The van der Waals surface area contributed by atoms with Gasteiger partial charge < -0.3 is 10.2 Å². The van der Waals surface area contributed by atoms with Crippen molar-refractivity contribution in [3.8, 4) is 0 Å². The van der Waals surface area contributed by atoms with Crippen LogP contribution in [0.5, 0.6) is 0 Å². The van der Waals surface area contributed by atoms with Gasteiger partial charge in [-0.1, -0.05) is 0 Å². The van der Waals surface area contributed by atoms with Gasteiger partial charge >= 0.3 is 24.7 Å². The SMILES string of the molecule is OCC(F)(F)C(F)F.OCC(F)(F)C(F)F. The second-order valence-electron chi connectivity index (χ2n) is 2.44. The highest BCUT2D eigenvalue weighted by Crippen LogP contribution is 2.21. The summed E-state index contributed by atoms with van der Waals surface area (Å²) in [6.07, 6.45) is -7.54. The first-order valence-electron chi connectivity index (χ1n) is 3.55. The van der Waals surface area contributed by atoms with Crippen LogP contribution in [-0.2, 0) is 0 Å². The van der Waals surface area contributed by atoms with Crippen LogP contribution in [-0.4, -0.2) is 48.1 Å². The summed E-state index contributed by atoms with van der Waals surface area (Å²) in [6, 6.07) is 0. The third kappa shape index (κ3) is 6.77. The summed E-state index contributed by atoms with van der Waals surface area (Å²) in [7, 11) is 0. The summed E-state index contributed by atoms with van der Waals surface area (Å²) in [4.78, 5) is 0. The van der Waals surface area contributed by atoms with Gasteiger partial charge in [0.15, 0.2) is 0 Å². The van der Waals surface area contributed by atoms with Crippen molar-refractivity contribution in [1.29, 1.82) is 0 Å². The molecular formula is C6H8F8O2. The zero-order chi connectivity index (χ0) is 13.6. The van der Waals surface area contributed by atoms with Crippen LogP contribution in [0.15, 0.2) is 0 Å². The minimum Gasteiger partial charge on any atom is -0.390 e. The van der Waals surface area contributed by atoms with Crippen molar-refractivity contribution in [2.45, 2.75) is 24.7 Å². The van der Waals surface area contributed by atoms with E-state index >= 15 is 0 Å². The van der Waals surface area contributed by atoms with Crippen LogP contribution < -0.4 is 0 Å². The highest BCUT2D eigenvalue weighted by atomic mass is 19.3. The third-order valence-corrected chi connectivity index (χ3v) is 1.06. The largest absolute Gasteiger partial charge is 0.390 e. The van der Waals surface area contributed by atoms with Crippen LogP contribution in [0.4, 0.5) is 35.1 Å². The Balaban J connectivity index is 0. The first-order valence-corrected chi connectivity index (χ1v) is 3.55. The number of halogens is 8. The highest BCUT2D eigenvalue weighted by molar-refractivity contribution is 4.66. The Labute approximate surface area is 84.5 Å². The Morgan fingerprint density at radius 2 is 0.875 bits per heavy atom. The Bertz CT molecular complexity index is 163. The molecule has 0 aliphatic heterocycles. The van der Waals surface area contributed by atoms with Crippen LogP contribution in [0.25, 0.3) is 0 Å². The van der Waals surface area contributed by atoms with Crippen LogP contribution in [0, 0.1) is 0 Å². The lowest BCUT2D eigenvalue weighted by molar-refractivity contribution is -0.153. The summed E-state index contributed by atoms with van der Waals surface area (Å²) in [5.41, 5.74) is 0. The van der Waals surface area contributed by atoms with E-state index in [2.05, 4.69) is 0 Å². The Kier molecular flexibility index (Phi) is 7.58. The maximum Gasteiger partial charge on any atom is 0.329 e. The summed E-state index contributed by atoms with van der Waals surface area (Å²) in [5, 5.41) is 15.1. The molecule has 100 valence electrons. The van der Waals surface area contributed by atoms with Crippen LogP contribution in [0.1, 0.15) is 0 Å². The maximum absolute atomic E-state index is 11.3. The van der Waals surface area contributed by atoms with Crippen molar-refractivity contribution >= 4 is 0 Å². The lowest BCUT2D eigenvalue weighted by Gasteiger charge is -2.09. The molecule has 0 amide bonds. The van der Waals surface area contributed by atoms with E-state index in [1.807, 2.05) is 0 Å². The van der Waals surface area contributed by atoms with E-state index in [9.17, 15) is 35.1 Å². The predicted molar refractivity (Wildman–Crippen MR) is 36.1 cm³/mol. The first kappa shape index (κ1) is 17.7. The highest BCUT2D eigenvalue weighted by Gasteiger charge is 2.40. The van der Waals surface area contributed by atoms with Gasteiger partial charge in [0.2, 0.25) is 0 Å². The van der Waals surface area contributed by atoms with Crippen molar-refractivity contribution in [2.75, 3.05) is 13.2 Å². The molecule has 0 spiro atoms. The molecule has 0 atom stereocenters. The monoisotopic (exact) mass is 264 g/mol. The van der Waals surface area contributed by atoms with Gasteiger partial charge in [-0.15, -0.1) is 0 Å². The average molecular weight is 264 g/mol. The predicted octanol–water partition coefficient (Wildman–Crippen LogP) is 1.76. The van der Waals surface area contributed by atoms with Crippen LogP contribution >= 0.6 is 0 Å². The fraction of sp³-hybridized carbons (Fsp3) is 1.00. The van der Waals surface area contributed by atoms with E-state index in [0.717, 1.165) is 0 Å². The Morgan fingerprint density at radius 3 is 0.875 bits per heavy atom. The Morgan fingerprint density at radius 1 is 0.688 bits per heavy atom. The molecule has 16 heavy (non-hydrogen) atoms. The molecule has 0 aromatic carbocycles. The quantitative estimate of drug-likeness (QED) is 0.759. The van der Waals surface area contributed by atoms with Gasteiger partial charge in [0.05, 0.1) is 0 Å². The van der Waals surface area contributed by atoms with E-state index in [1.165, 1.54) is 0 Å². The summed E-state index contributed by atoms with van der Waals surface area (Å²) in [5.74, 6) is -8.47. The standard InChI is InChI=1S/2C3H4F4O/c2*4-2(5)3(6,7)1-8/h2*2,8H,1H2. The summed E-state index contributed by atoms with van der Waals surface area (Å²) in [6.45, 7) is -3.60. The van der Waals surface area contributed by atoms with Crippen LogP contribution in [0.2, 0.25) is 0 Å². The van der Waals surface area contributed by atoms with Gasteiger partial charge in [-0.3, -0.25) is 0 Å². The molecule has 10 heteroatoms. The molecule has 0 heterocycles. The van der Waals surface area contributed by atoms with E-state index in [1.54, 1.807) is 0 Å². The number of aliphatic hydroxyl groups excluding tert-OH is 2. The molecule has 0 fully saturated rings. The lowest BCUT2D eigenvalue weighted by Crippen LogP contribution is -2.30. The van der Waals surface area contributed by atoms with Crippen molar-refractivity contribution in [3.63, 3.8) is 0 Å². The molecule has 0 saturated carbocycles. The Hall–Kier alpha value is -0.640. The van der Waals surface area contributed by atoms with E-state index in [-0.39, 0.29) is 0 Å². The molecule has 0 bridgehead atoms. The second-order valence-corrected chi connectivity index (χ2v) is 2.44. The second kappa shape index (κ2) is 6.84. The minimum absolute atomic E-state index is 1.80. The topological polar surface area (TPSA) is 40.5 Å². The number of hydrogen-bond donors (Lipinski definition) is 2. The minimum atomic E-state index is -4.24. The number of rotatable bonds is 4. The molecule has 2 N–H and O–H groups in total. The van der Waals surface area contributed by atoms with Gasteiger partial charge in [-0.05, 0) is 0 Å². The molecule has 0 rings (SSSR count). The first-order chi connectivity index (χ1) is 7.01. The van der Waals surface area contributed by atoms with Gasteiger partial charge in [0.1, 0.15) is 13.2 Å². The fourth-order valence-corrected chi connectivity index (χ4v) is 0.138. The number of alkyl halides is 8. The number of hydrogen-bond acceptors (Lipinski definition) is 2. The molecule has 2 nitrogen and oxygen atoms in total. The molecule has 0 radical (unpaired) electrons. The van der Waals surface area contributed by atoms with E-state index in [0.29, 0.717) is 0 Å². The average Bonchev–Trinajstić information content (AvgIpc) is 2.18. The zero-order valence-corrected chi connectivity index (χ0v) is 7.49. The van der Waals surface area contributed by atoms with Gasteiger partial charge in [-0.25, -0.2) is 17.6 Å². The van der Waals surface area contributed by atoms with Gasteiger partial charge in [-0.2, -0.15) is 17.6 Å². The van der Waals surface area contributed by atoms with E-state index in [4.69, 9.17) is 10.2 Å². The molecule has 0 saturated heterocycles. The maximum atomic E-state index is 11.3. The van der Waals surface area contributed by atoms with E-state index < -0.39 is 37.9 Å². The summed E-state index contributed by atoms with van der Waals surface area (Å²) < 4.78 is 88.7. The smallest absolute Gasteiger partial charge is 0.329 e. The van der Waals surface area contributed by atoms with Gasteiger partial charge in [0.25, 0.3) is 0 Å². The van der Waals surface area contributed by atoms with Gasteiger partial charge in [0, 0.05) is 0 Å². The zero-order valence-electron chi connectivity index (χ0n) is 7.49. The van der Waals surface area contributed by atoms with Crippen molar-refractivity contribution in [3.05, 3.63) is 0 Å². The molecule has 0 aliphatic rings. The molecule has 0 unspecified atom stereocenters. The third-order valence-electron chi connectivity index (χ3n) is 1.06.